The van der Waals surface area contributed by atoms with E-state index in [0.29, 0.717) is 5.92 Å². The number of rotatable bonds is 3. The molecular weight excluding hydrogens is 376 g/mol. The summed E-state index contributed by atoms with van der Waals surface area (Å²) in [6.45, 7) is 4.64. The first kappa shape index (κ1) is 20.3. The molecule has 0 saturated heterocycles. The average Bonchev–Trinajstić information content (AvgIpc) is 3.46. The van der Waals surface area contributed by atoms with E-state index in [0.717, 1.165) is 17.4 Å². The smallest absolute Gasteiger partial charge is 0.325 e. The number of nitrogens with one attached hydrogen (secondary N) is 1. The Morgan fingerprint density at radius 3 is 2.69 bits per heavy atom. The van der Waals surface area contributed by atoms with Gasteiger partial charge < -0.3 is 15.2 Å². The third-order valence-electron chi connectivity index (χ3n) is 4.10. The van der Waals surface area contributed by atoms with E-state index in [-0.39, 0.29) is 16.9 Å². The van der Waals surface area contributed by atoms with Crippen LogP contribution >= 0.6 is 0 Å². The lowest BCUT2D eigenvalue weighted by molar-refractivity contribution is -0.153. The van der Waals surface area contributed by atoms with Gasteiger partial charge in [-0.2, -0.15) is 0 Å². The summed E-state index contributed by atoms with van der Waals surface area (Å²) in [6.07, 6.45) is 3.43. The molecule has 0 unspecified atom stereocenters. The second-order valence-corrected chi connectivity index (χ2v) is 7.83. The van der Waals surface area contributed by atoms with Crippen LogP contribution in [0.3, 0.4) is 0 Å². The number of nitrogens with zero attached hydrogens (tertiary/aromatic N) is 3. The molecule has 0 atom stereocenters. The van der Waals surface area contributed by atoms with Crippen LogP contribution in [-0.2, 0) is 16.6 Å². The van der Waals surface area contributed by atoms with E-state index in [2.05, 4.69) is 27.1 Å². The summed E-state index contributed by atoms with van der Waals surface area (Å²) in [5, 5.41) is 12.9. The van der Waals surface area contributed by atoms with E-state index in [1.54, 1.807) is 20.8 Å². The number of esters is 1. The molecule has 1 aliphatic carbocycles. The fourth-order valence-corrected chi connectivity index (χ4v) is 2.57. The number of carbonyl (C=O) groups is 2. The molecule has 0 bridgehead atoms. The zero-order chi connectivity index (χ0) is 21.3. The Balaban J connectivity index is 1.89. The number of aryl methyl sites for hydroxylation is 1. The normalized spacial score (nSPS) is 13.5. The summed E-state index contributed by atoms with van der Waals surface area (Å²) in [6, 6.07) is 0. The lowest BCUT2D eigenvalue weighted by atomic mass is 10.1. The third kappa shape index (κ3) is 4.71. The zero-order valence-electron chi connectivity index (χ0n) is 16.7. The van der Waals surface area contributed by atoms with Gasteiger partial charge in [0.15, 0.2) is 5.65 Å². The van der Waals surface area contributed by atoms with Gasteiger partial charge in [-0.1, -0.05) is 5.92 Å². The van der Waals surface area contributed by atoms with Gasteiger partial charge in [-0.25, -0.2) is 9.97 Å². The fourth-order valence-electron chi connectivity index (χ4n) is 2.57. The molecule has 2 heterocycles. The van der Waals surface area contributed by atoms with Crippen molar-refractivity contribution in [3.63, 3.8) is 0 Å². The van der Waals surface area contributed by atoms with Crippen molar-refractivity contribution in [1.82, 2.24) is 19.9 Å². The summed E-state index contributed by atoms with van der Waals surface area (Å²) in [5.41, 5.74) is -1.80. The molecule has 0 aliphatic heterocycles. The molecule has 152 valence electrons. The van der Waals surface area contributed by atoms with E-state index in [1.807, 2.05) is 0 Å². The number of aromatic hydroxyl groups is 1. The van der Waals surface area contributed by atoms with Crippen LogP contribution in [0.4, 0.5) is 0 Å². The zero-order valence-corrected chi connectivity index (χ0v) is 16.7. The number of ether oxygens (including phenoxy) is 1. The molecule has 3 rings (SSSR count). The van der Waals surface area contributed by atoms with Crippen LogP contribution in [0.1, 0.15) is 49.8 Å². The van der Waals surface area contributed by atoms with Crippen molar-refractivity contribution in [2.45, 2.75) is 39.2 Å². The van der Waals surface area contributed by atoms with Crippen molar-refractivity contribution in [3.8, 4) is 17.6 Å². The number of hydrogen-bond donors (Lipinski definition) is 2. The third-order valence-corrected chi connectivity index (χ3v) is 4.10. The number of amides is 1. The van der Waals surface area contributed by atoms with Gasteiger partial charge in [-0.15, -0.1) is 0 Å². The van der Waals surface area contributed by atoms with Gasteiger partial charge in [0.1, 0.15) is 23.5 Å². The van der Waals surface area contributed by atoms with Gasteiger partial charge in [0.2, 0.25) is 5.82 Å². The molecule has 2 aromatic heterocycles. The number of pyridine rings is 1. The van der Waals surface area contributed by atoms with Crippen LogP contribution in [0.5, 0.6) is 5.75 Å². The first-order chi connectivity index (χ1) is 13.6. The average molecular weight is 398 g/mol. The van der Waals surface area contributed by atoms with Crippen molar-refractivity contribution in [3.05, 3.63) is 27.9 Å². The quantitative estimate of drug-likeness (QED) is 0.581. The maximum absolute atomic E-state index is 12.6. The Morgan fingerprint density at radius 2 is 2.07 bits per heavy atom. The molecule has 2 aromatic rings. The van der Waals surface area contributed by atoms with Crippen LogP contribution in [-0.4, -0.2) is 43.7 Å². The highest BCUT2D eigenvalue weighted by Gasteiger charge is 2.24. The molecule has 0 aromatic carbocycles. The van der Waals surface area contributed by atoms with Crippen LogP contribution in [0.15, 0.2) is 11.0 Å². The monoisotopic (exact) mass is 398 g/mol. The Labute approximate surface area is 167 Å². The minimum Gasteiger partial charge on any atom is -0.506 e. The molecule has 2 N–H and O–H groups in total. The van der Waals surface area contributed by atoms with E-state index < -0.39 is 40.9 Å². The summed E-state index contributed by atoms with van der Waals surface area (Å²) in [5.74, 6) is 4.37. The van der Waals surface area contributed by atoms with Crippen molar-refractivity contribution >= 4 is 22.9 Å². The molecule has 9 nitrogen and oxygen atoms in total. The summed E-state index contributed by atoms with van der Waals surface area (Å²) < 4.78 is 6.24. The fraction of sp³-hybridized carbons (Fsp3) is 0.450. The first-order valence-electron chi connectivity index (χ1n) is 9.17. The van der Waals surface area contributed by atoms with Gasteiger partial charge in [-0.3, -0.25) is 19.0 Å². The van der Waals surface area contributed by atoms with Gasteiger partial charge in [0, 0.05) is 19.2 Å². The maximum atomic E-state index is 12.6. The molecular formula is C20H22N4O5. The van der Waals surface area contributed by atoms with Crippen molar-refractivity contribution in [2.24, 2.45) is 13.0 Å². The minimum absolute atomic E-state index is 0.131. The standard InChI is InChI=1S/C20H22N4O5/c1-20(2,3)29-14(25)10-22-18(27)15-16(26)12-9-21-13(8-7-11-5-6-11)23-17(12)24(4)19(15)28/h9,11,26H,5-6,10H2,1-4H3,(H,22,27). The molecule has 0 radical (unpaired) electrons. The van der Waals surface area contributed by atoms with Gasteiger partial charge in [0.05, 0.1) is 5.39 Å². The van der Waals surface area contributed by atoms with Crippen LogP contribution in [0, 0.1) is 17.8 Å². The molecule has 29 heavy (non-hydrogen) atoms. The van der Waals surface area contributed by atoms with Gasteiger partial charge in [-0.05, 0) is 39.5 Å². The second kappa shape index (κ2) is 7.54. The molecule has 9 heteroatoms. The Bertz CT molecular complexity index is 1110. The van der Waals surface area contributed by atoms with Crippen LogP contribution in [0.2, 0.25) is 0 Å². The van der Waals surface area contributed by atoms with Gasteiger partial charge >= 0.3 is 5.97 Å². The lowest BCUT2D eigenvalue weighted by Gasteiger charge is -2.19. The molecule has 1 aliphatic rings. The van der Waals surface area contributed by atoms with Crippen molar-refractivity contribution < 1.29 is 19.4 Å². The van der Waals surface area contributed by atoms with Crippen molar-refractivity contribution in [2.75, 3.05) is 6.54 Å². The maximum Gasteiger partial charge on any atom is 0.325 e. The van der Waals surface area contributed by atoms with E-state index in [1.165, 1.54) is 13.2 Å². The van der Waals surface area contributed by atoms with E-state index >= 15 is 0 Å². The SMILES string of the molecule is Cn1c(=O)c(C(=O)NCC(=O)OC(C)(C)C)c(O)c2cnc(C#CC3CC3)nc21. The number of aromatic nitrogens is 3. The Kier molecular flexibility index (Phi) is 5.29. The second-order valence-electron chi connectivity index (χ2n) is 7.83. The van der Waals surface area contributed by atoms with Crippen molar-refractivity contribution in [1.29, 1.82) is 0 Å². The van der Waals surface area contributed by atoms with E-state index in [9.17, 15) is 19.5 Å². The summed E-state index contributed by atoms with van der Waals surface area (Å²) in [7, 11) is 1.43. The topological polar surface area (TPSA) is 123 Å². The number of carbonyl (C=O) groups excluding carboxylic acids is 2. The first-order valence-corrected chi connectivity index (χ1v) is 9.17. The summed E-state index contributed by atoms with van der Waals surface area (Å²) >= 11 is 0. The highest BCUT2D eigenvalue weighted by Crippen LogP contribution is 2.28. The minimum atomic E-state index is -0.895. The van der Waals surface area contributed by atoms with Crippen LogP contribution < -0.4 is 10.9 Å². The Morgan fingerprint density at radius 1 is 1.38 bits per heavy atom. The number of fused-ring (bicyclic) bond motifs is 1. The largest absolute Gasteiger partial charge is 0.506 e. The number of hydrogen-bond acceptors (Lipinski definition) is 7. The lowest BCUT2D eigenvalue weighted by Crippen LogP contribution is -2.37. The molecule has 1 saturated carbocycles. The molecule has 1 fully saturated rings. The van der Waals surface area contributed by atoms with Gasteiger partial charge in [0.25, 0.3) is 11.5 Å². The predicted octanol–water partition coefficient (Wildman–Crippen LogP) is 0.867. The van der Waals surface area contributed by atoms with E-state index in [4.69, 9.17) is 4.74 Å². The summed E-state index contributed by atoms with van der Waals surface area (Å²) in [4.78, 5) is 45.2. The predicted molar refractivity (Wildman–Crippen MR) is 104 cm³/mol. The highest BCUT2D eigenvalue weighted by atomic mass is 16.6. The van der Waals surface area contributed by atoms with Crippen LogP contribution in [0.25, 0.3) is 11.0 Å². The molecule has 0 spiro atoms. The highest BCUT2D eigenvalue weighted by molar-refractivity contribution is 6.02. The molecule has 1 amide bonds. The Hall–Kier alpha value is -3.41.